The molecule has 1 aliphatic carbocycles. The van der Waals surface area contributed by atoms with E-state index in [0.29, 0.717) is 16.7 Å². The van der Waals surface area contributed by atoms with Crippen LogP contribution in [-0.4, -0.2) is 39.8 Å². The lowest BCUT2D eigenvalue weighted by Crippen LogP contribution is -2.35. The van der Waals surface area contributed by atoms with Gasteiger partial charge >= 0.3 is 0 Å². The second-order valence-corrected chi connectivity index (χ2v) is 6.74. The summed E-state index contributed by atoms with van der Waals surface area (Å²) in [5.74, 6) is 0.655. The molecule has 1 aromatic carbocycles. The molecule has 2 heterocycles. The largest absolute Gasteiger partial charge is 0.362 e. The molecule has 6 heteroatoms. The van der Waals surface area contributed by atoms with Crippen LogP contribution in [0, 0.1) is 0 Å². The van der Waals surface area contributed by atoms with Gasteiger partial charge in [0.25, 0.3) is 5.56 Å². The standard InChI is InChI=1S/C19H21N5O/c1-23(2)17-13-8-5-4-7-12(13)11-15(17)21-18-16-14(9-6-10-20-16)19(25)24(3)22-18/h4-10,15,17H,11H2,1-3H3,(H,21,22). The van der Waals surface area contributed by atoms with Gasteiger partial charge in [0.2, 0.25) is 0 Å². The molecule has 2 unspecified atom stereocenters. The number of benzene rings is 1. The lowest BCUT2D eigenvalue weighted by molar-refractivity contribution is 0.282. The molecule has 1 N–H and O–H groups in total. The van der Waals surface area contributed by atoms with E-state index in [2.05, 4.69) is 58.7 Å². The predicted molar refractivity (Wildman–Crippen MR) is 98.8 cm³/mol. The third-order valence-electron chi connectivity index (χ3n) is 4.88. The van der Waals surface area contributed by atoms with Crippen LogP contribution in [0.15, 0.2) is 47.4 Å². The summed E-state index contributed by atoms with van der Waals surface area (Å²) in [6.07, 6.45) is 2.61. The number of fused-ring (bicyclic) bond motifs is 2. The third-order valence-corrected chi connectivity index (χ3v) is 4.88. The lowest BCUT2D eigenvalue weighted by atomic mass is 10.1. The minimum Gasteiger partial charge on any atom is -0.362 e. The average molecular weight is 335 g/mol. The van der Waals surface area contributed by atoms with Gasteiger partial charge in [-0.2, -0.15) is 5.10 Å². The summed E-state index contributed by atoms with van der Waals surface area (Å²) in [5, 5.41) is 8.57. The molecular weight excluding hydrogens is 314 g/mol. The fourth-order valence-corrected chi connectivity index (χ4v) is 3.80. The Balaban J connectivity index is 1.77. The minimum atomic E-state index is -0.132. The highest BCUT2D eigenvalue weighted by Crippen LogP contribution is 2.36. The van der Waals surface area contributed by atoms with E-state index in [0.717, 1.165) is 6.42 Å². The molecule has 6 nitrogen and oxygen atoms in total. The van der Waals surface area contributed by atoms with Crippen LogP contribution in [0.25, 0.3) is 10.9 Å². The number of likely N-dealkylation sites (N-methyl/N-ethyl adjacent to an activating group) is 1. The zero-order valence-electron chi connectivity index (χ0n) is 14.6. The molecule has 1 aliphatic rings. The van der Waals surface area contributed by atoms with Crippen LogP contribution >= 0.6 is 0 Å². The van der Waals surface area contributed by atoms with Gasteiger partial charge < -0.3 is 10.2 Å². The smallest absolute Gasteiger partial charge is 0.276 e. The van der Waals surface area contributed by atoms with Crippen molar-refractivity contribution in [3.8, 4) is 0 Å². The normalized spacial score (nSPS) is 19.4. The second kappa shape index (κ2) is 5.97. The van der Waals surface area contributed by atoms with Gasteiger partial charge in [0.1, 0.15) is 5.52 Å². The molecule has 2 atom stereocenters. The fraction of sp³-hybridized carbons (Fsp3) is 0.316. The topological polar surface area (TPSA) is 63.1 Å². The van der Waals surface area contributed by atoms with Crippen molar-refractivity contribution in [3.05, 3.63) is 64.1 Å². The fourth-order valence-electron chi connectivity index (χ4n) is 3.80. The van der Waals surface area contributed by atoms with Crippen molar-refractivity contribution < 1.29 is 0 Å². The van der Waals surface area contributed by atoms with E-state index in [1.807, 2.05) is 0 Å². The summed E-state index contributed by atoms with van der Waals surface area (Å²) in [6, 6.07) is 12.5. The third kappa shape index (κ3) is 2.59. The molecule has 3 aromatic rings. The molecule has 2 aromatic heterocycles. The molecule has 25 heavy (non-hydrogen) atoms. The van der Waals surface area contributed by atoms with Crippen LogP contribution in [0.1, 0.15) is 17.2 Å². The molecule has 0 saturated carbocycles. The van der Waals surface area contributed by atoms with Gasteiger partial charge in [-0.25, -0.2) is 4.68 Å². The molecule has 128 valence electrons. The van der Waals surface area contributed by atoms with Gasteiger partial charge in [-0.15, -0.1) is 0 Å². The number of pyridine rings is 1. The van der Waals surface area contributed by atoms with Crippen LogP contribution in [0.4, 0.5) is 5.82 Å². The molecule has 0 amide bonds. The highest BCUT2D eigenvalue weighted by molar-refractivity contribution is 5.87. The summed E-state index contributed by atoms with van der Waals surface area (Å²) in [5.41, 5.74) is 3.18. The summed E-state index contributed by atoms with van der Waals surface area (Å²) < 4.78 is 1.37. The molecule has 0 bridgehead atoms. The van der Waals surface area contributed by atoms with Crippen molar-refractivity contribution in [2.75, 3.05) is 19.4 Å². The molecule has 0 saturated heterocycles. The molecule has 0 aliphatic heterocycles. The Morgan fingerprint density at radius 1 is 1.20 bits per heavy atom. The maximum absolute atomic E-state index is 12.3. The Morgan fingerprint density at radius 3 is 2.80 bits per heavy atom. The Morgan fingerprint density at radius 2 is 2.00 bits per heavy atom. The van der Waals surface area contributed by atoms with Crippen molar-refractivity contribution in [1.82, 2.24) is 19.7 Å². The molecule has 0 radical (unpaired) electrons. The highest BCUT2D eigenvalue weighted by atomic mass is 16.1. The first kappa shape index (κ1) is 15.8. The number of hydrogen-bond acceptors (Lipinski definition) is 5. The number of anilines is 1. The van der Waals surface area contributed by atoms with Crippen molar-refractivity contribution in [1.29, 1.82) is 0 Å². The van der Waals surface area contributed by atoms with Crippen LogP contribution in [0.2, 0.25) is 0 Å². The van der Waals surface area contributed by atoms with Crippen molar-refractivity contribution in [3.63, 3.8) is 0 Å². The van der Waals surface area contributed by atoms with Gasteiger partial charge in [-0.05, 0) is 43.8 Å². The van der Waals surface area contributed by atoms with E-state index in [1.165, 1.54) is 15.8 Å². The SMILES string of the molecule is CN(C)C1c2ccccc2CC1Nc1nn(C)c(=O)c2cccnc12. The van der Waals surface area contributed by atoms with Gasteiger partial charge in [0.05, 0.1) is 17.5 Å². The van der Waals surface area contributed by atoms with E-state index in [-0.39, 0.29) is 17.6 Å². The van der Waals surface area contributed by atoms with Crippen LogP contribution in [0.5, 0.6) is 0 Å². The summed E-state index contributed by atoms with van der Waals surface area (Å²) in [4.78, 5) is 18.9. The van der Waals surface area contributed by atoms with Crippen molar-refractivity contribution >= 4 is 16.7 Å². The number of aromatic nitrogens is 3. The predicted octanol–water partition coefficient (Wildman–Crippen LogP) is 1.97. The van der Waals surface area contributed by atoms with Gasteiger partial charge in [0.15, 0.2) is 5.82 Å². The average Bonchev–Trinajstić information content (AvgIpc) is 2.97. The molecule has 0 fully saturated rings. The first-order valence-electron chi connectivity index (χ1n) is 8.39. The molecule has 4 rings (SSSR count). The van der Waals surface area contributed by atoms with Gasteiger partial charge in [0, 0.05) is 13.2 Å². The van der Waals surface area contributed by atoms with Crippen LogP contribution in [-0.2, 0) is 13.5 Å². The first-order chi connectivity index (χ1) is 12.1. The number of nitrogens with one attached hydrogen (secondary N) is 1. The maximum Gasteiger partial charge on any atom is 0.276 e. The van der Waals surface area contributed by atoms with Crippen molar-refractivity contribution in [2.45, 2.75) is 18.5 Å². The maximum atomic E-state index is 12.3. The zero-order chi connectivity index (χ0) is 17.6. The van der Waals surface area contributed by atoms with E-state index in [4.69, 9.17) is 0 Å². The highest BCUT2D eigenvalue weighted by Gasteiger charge is 2.34. The Hall–Kier alpha value is -2.73. The first-order valence-corrected chi connectivity index (χ1v) is 8.39. The van der Waals surface area contributed by atoms with Gasteiger partial charge in [-0.1, -0.05) is 24.3 Å². The Labute approximate surface area is 146 Å². The number of rotatable bonds is 3. The number of nitrogens with zero attached hydrogens (tertiary/aromatic N) is 4. The van der Waals surface area contributed by atoms with Gasteiger partial charge in [-0.3, -0.25) is 9.78 Å². The Kier molecular flexibility index (Phi) is 3.77. The van der Waals surface area contributed by atoms with E-state index < -0.39 is 0 Å². The van der Waals surface area contributed by atoms with E-state index in [9.17, 15) is 4.79 Å². The number of hydrogen-bond donors (Lipinski definition) is 1. The van der Waals surface area contributed by atoms with E-state index in [1.54, 1.807) is 25.4 Å². The molecular formula is C19H21N5O. The summed E-state index contributed by atoms with van der Waals surface area (Å²) >= 11 is 0. The quantitative estimate of drug-likeness (QED) is 0.793. The molecule has 0 spiro atoms. The monoisotopic (exact) mass is 335 g/mol. The van der Waals surface area contributed by atoms with Crippen LogP contribution < -0.4 is 10.9 Å². The summed E-state index contributed by atoms with van der Waals surface area (Å²) in [7, 11) is 5.85. The van der Waals surface area contributed by atoms with Crippen LogP contribution in [0.3, 0.4) is 0 Å². The van der Waals surface area contributed by atoms with Crippen molar-refractivity contribution in [2.24, 2.45) is 7.05 Å². The summed E-state index contributed by atoms with van der Waals surface area (Å²) in [6.45, 7) is 0. The minimum absolute atomic E-state index is 0.132. The van der Waals surface area contributed by atoms with E-state index >= 15 is 0 Å². The lowest BCUT2D eigenvalue weighted by Gasteiger charge is -2.28. The Bertz CT molecular complexity index is 995. The number of aryl methyl sites for hydroxylation is 1. The zero-order valence-corrected chi connectivity index (χ0v) is 14.6. The second-order valence-electron chi connectivity index (χ2n) is 6.74.